The number of rotatable bonds is 7. The number of carbonyl (C=O) groups is 1. The molecule has 190 valence electrons. The van der Waals surface area contributed by atoms with Gasteiger partial charge in [-0.15, -0.1) is 5.10 Å². The number of benzene rings is 2. The summed E-state index contributed by atoms with van der Waals surface area (Å²) in [5, 5.41) is 13.5. The fraction of sp³-hybridized carbons (Fsp3) is 0.115. The van der Waals surface area contributed by atoms with Gasteiger partial charge in [0.25, 0.3) is 0 Å². The van der Waals surface area contributed by atoms with Crippen molar-refractivity contribution in [3.63, 3.8) is 0 Å². The number of nitrogens with one attached hydrogen (secondary N) is 1. The van der Waals surface area contributed by atoms with Crippen molar-refractivity contribution < 1.29 is 13.9 Å². The van der Waals surface area contributed by atoms with E-state index in [1.807, 2.05) is 12.1 Å². The number of aromatic nitrogens is 6. The van der Waals surface area contributed by atoms with E-state index in [4.69, 9.17) is 32.4 Å². The monoisotopic (exact) mass is 547 g/mol. The van der Waals surface area contributed by atoms with Gasteiger partial charge in [-0.05, 0) is 42.0 Å². The minimum atomic E-state index is -0.277. The Bertz CT molecular complexity index is 1760. The van der Waals surface area contributed by atoms with Crippen LogP contribution < -0.4 is 10.1 Å². The predicted molar refractivity (Wildman–Crippen MR) is 142 cm³/mol. The third kappa shape index (κ3) is 4.67. The van der Waals surface area contributed by atoms with E-state index in [9.17, 15) is 4.79 Å². The van der Waals surface area contributed by atoms with Crippen molar-refractivity contribution in [3.8, 4) is 17.3 Å². The number of furan rings is 1. The van der Waals surface area contributed by atoms with Gasteiger partial charge in [0.15, 0.2) is 17.1 Å². The fourth-order valence-electron chi connectivity index (χ4n) is 3.97. The van der Waals surface area contributed by atoms with E-state index >= 15 is 0 Å². The molecule has 38 heavy (non-hydrogen) atoms. The molecule has 0 spiro atoms. The minimum Gasteiger partial charge on any atom is -0.489 e. The van der Waals surface area contributed by atoms with Gasteiger partial charge in [-0.2, -0.15) is 14.6 Å². The molecular formula is C26H19Cl2N7O3. The highest BCUT2D eigenvalue weighted by atomic mass is 35.5. The molecule has 1 N–H and O–H groups in total. The average molecular weight is 548 g/mol. The first kappa shape index (κ1) is 24.0. The Kier molecular flexibility index (Phi) is 6.18. The molecule has 0 atom stereocenters. The van der Waals surface area contributed by atoms with E-state index in [2.05, 4.69) is 25.5 Å². The van der Waals surface area contributed by atoms with Gasteiger partial charge in [-0.3, -0.25) is 14.8 Å². The number of aryl methyl sites for hydroxylation is 1. The topological polar surface area (TPSA) is 112 Å². The van der Waals surface area contributed by atoms with Gasteiger partial charge in [0.1, 0.15) is 12.4 Å². The molecule has 0 radical (unpaired) electrons. The van der Waals surface area contributed by atoms with Gasteiger partial charge in [-0.1, -0.05) is 41.4 Å². The number of fused-ring (bicyclic) bond motifs is 3. The molecule has 0 aliphatic rings. The molecule has 0 aliphatic heterocycles. The maximum Gasteiger partial charge on any atom is 0.234 e. The predicted octanol–water partition coefficient (Wildman–Crippen LogP) is 5.34. The van der Waals surface area contributed by atoms with Crippen LogP contribution in [0.4, 0.5) is 5.95 Å². The van der Waals surface area contributed by atoms with Crippen LogP contribution in [0.5, 0.6) is 5.75 Å². The van der Waals surface area contributed by atoms with Gasteiger partial charge >= 0.3 is 0 Å². The van der Waals surface area contributed by atoms with E-state index in [0.717, 1.165) is 5.56 Å². The maximum atomic E-state index is 13.0. The molecule has 10 nitrogen and oxygen atoms in total. The van der Waals surface area contributed by atoms with Gasteiger partial charge in [0.05, 0.1) is 18.1 Å². The normalized spacial score (nSPS) is 11.3. The van der Waals surface area contributed by atoms with E-state index in [1.54, 1.807) is 66.7 Å². The summed E-state index contributed by atoms with van der Waals surface area (Å²) < 4.78 is 14.4. The number of amides is 1. The van der Waals surface area contributed by atoms with Crippen LogP contribution in [0.25, 0.3) is 28.3 Å². The molecule has 4 heterocycles. The van der Waals surface area contributed by atoms with Gasteiger partial charge in [0.2, 0.25) is 17.7 Å². The maximum absolute atomic E-state index is 13.0. The molecule has 6 rings (SSSR count). The Hall–Kier alpha value is -4.41. The molecule has 4 aromatic heterocycles. The Balaban J connectivity index is 1.19. The second-order valence-corrected chi connectivity index (χ2v) is 9.30. The summed E-state index contributed by atoms with van der Waals surface area (Å²) in [6.45, 7) is 0.230. The Labute approximate surface area is 225 Å². The standard InChI is InChI=1S/C26H19Cl2N7O3/c1-34-13-17-23(32-34)31-26(35-25(17)30-24(33-35)21-6-3-11-37-21)29-22(36)12-15-7-9-16(10-8-15)38-14-18-19(27)4-2-5-20(18)28/h2-11,13H,12,14H2,1H3,(H,29,31,32,36). The molecule has 0 saturated carbocycles. The highest BCUT2D eigenvalue weighted by Gasteiger charge is 2.19. The molecule has 0 bridgehead atoms. The first-order valence-corrected chi connectivity index (χ1v) is 12.3. The molecule has 0 fully saturated rings. The third-order valence-electron chi connectivity index (χ3n) is 5.80. The third-order valence-corrected chi connectivity index (χ3v) is 6.50. The lowest BCUT2D eigenvalue weighted by molar-refractivity contribution is -0.115. The largest absolute Gasteiger partial charge is 0.489 e. The lowest BCUT2D eigenvalue weighted by Crippen LogP contribution is -2.18. The minimum absolute atomic E-state index is 0.111. The number of ether oxygens (including phenoxy) is 1. The molecule has 1 amide bonds. The van der Waals surface area contributed by atoms with Gasteiger partial charge in [-0.25, -0.2) is 4.98 Å². The first-order chi connectivity index (χ1) is 18.4. The van der Waals surface area contributed by atoms with Crippen molar-refractivity contribution in [2.75, 3.05) is 5.32 Å². The molecule has 6 aromatic rings. The zero-order valence-electron chi connectivity index (χ0n) is 19.9. The molecule has 0 unspecified atom stereocenters. The van der Waals surface area contributed by atoms with Crippen LogP contribution in [0.2, 0.25) is 10.0 Å². The summed E-state index contributed by atoms with van der Waals surface area (Å²) in [5.41, 5.74) is 2.45. The van der Waals surface area contributed by atoms with Crippen molar-refractivity contribution in [2.24, 2.45) is 7.05 Å². The molecular weight excluding hydrogens is 529 g/mol. The summed E-state index contributed by atoms with van der Waals surface area (Å²) in [5.74, 6) is 1.43. The van der Waals surface area contributed by atoms with E-state index in [1.165, 1.54) is 4.52 Å². The SMILES string of the molecule is Cn1cc2c(nc(NC(=O)Cc3ccc(OCc4c(Cl)cccc4Cl)cc3)n3nc(-c4ccco4)nc23)n1. The Morgan fingerprint density at radius 2 is 1.82 bits per heavy atom. The second-order valence-electron chi connectivity index (χ2n) is 8.48. The zero-order chi connectivity index (χ0) is 26.2. The summed E-state index contributed by atoms with van der Waals surface area (Å²) in [6, 6.07) is 16.0. The van der Waals surface area contributed by atoms with Gasteiger partial charge < -0.3 is 9.15 Å². The van der Waals surface area contributed by atoms with E-state index in [-0.39, 0.29) is 24.9 Å². The van der Waals surface area contributed by atoms with Crippen LogP contribution in [0, 0.1) is 0 Å². The second kappa shape index (κ2) is 9.81. The number of nitrogens with zero attached hydrogens (tertiary/aromatic N) is 6. The van der Waals surface area contributed by atoms with Crippen LogP contribution in [-0.4, -0.2) is 35.3 Å². The molecule has 0 aliphatic carbocycles. The fourth-order valence-corrected chi connectivity index (χ4v) is 4.48. The quantitative estimate of drug-likeness (QED) is 0.287. The summed E-state index contributed by atoms with van der Waals surface area (Å²) >= 11 is 12.4. The summed E-state index contributed by atoms with van der Waals surface area (Å²) in [6.07, 6.45) is 3.46. The highest BCUT2D eigenvalue weighted by molar-refractivity contribution is 6.35. The summed E-state index contributed by atoms with van der Waals surface area (Å²) in [4.78, 5) is 22.1. The molecule has 12 heteroatoms. The highest BCUT2D eigenvalue weighted by Crippen LogP contribution is 2.27. The number of hydrogen-bond donors (Lipinski definition) is 1. The van der Waals surface area contributed by atoms with E-state index < -0.39 is 0 Å². The van der Waals surface area contributed by atoms with Crippen molar-refractivity contribution in [1.82, 2.24) is 29.4 Å². The number of anilines is 1. The van der Waals surface area contributed by atoms with Crippen LogP contribution in [0.3, 0.4) is 0 Å². The van der Waals surface area contributed by atoms with Crippen molar-refractivity contribution >= 4 is 51.7 Å². The van der Waals surface area contributed by atoms with Crippen LogP contribution in [0.15, 0.2) is 71.5 Å². The summed E-state index contributed by atoms with van der Waals surface area (Å²) in [7, 11) is 1.79. The van der Waals surface area contributed by atoms with Crippen molar-refractivity contribution in [2.45, 2.75) is 13.0 Å². The van der Waals surface area contributed by atoms with Crippen molar-refractivity contribution in [1.29, 1.82) is 0 Å². The Morgan fingerprint density at radius 3 is 2.55 bits per heavy atom. The van der Waals surface area contributed by atoms with Crippen molar-refractivity contribution in [3.05, 3.63) is 88.2 Å². The molecule has 2 aromatic carbocycles. The van der Waals surface area contributed by atoms with Gasteiger partial charge in [0, 0.05) is 28.9 Å². The zero-order valence-corrected chi connectivity index (χ0v) is 21.4. The first-order valence-electron chi connectivity index (χ1n) is 11.5. The average Bonchev–Trinajstić information content (AvgIpc) is 3.64. The van der Waals surface area contributed by atoms with E-state index in [0.29, 0.717) is 49.6 Å². The number of carbonyl (C=O) groups excluding carboxylic acids is 1. The lowest BCUT2D eigenvalue weighted by atomic mass is 10.1. The smallest absolute Gasteiger partial charge is 0.234 e. The Morgan fingerprint density at radius 1 is 1.03 bits per heavy atom. The number of halogens is 2. The number of hydrogen-bond acceptors (Lipinski definition) is 7. The molecule has 0 saturated heterocycles. The van der Waals surface area contributed by atoms with Crippen LogP contribution in [0.1, 0.15) is 11.1 Å². The lowest BCUT2D eigenvalue weighted by Gasteiger charge is -2.10. The van der Waals surface area contributed by atoms with Crippen LogP contribution in [-0.2, 0) is 24.9 Å². The van der Waals surface area contributed by atoms with Crippen LogP contribution >= 0.6 is 23.2 Å².